The summed E-state index contributed by atoms with van der Waals surface area (Å²) in [4.78, 5) is 22.9. The van der Waals surface area contributed by atoms with E-state index in [4.69, 9.17) is 5.11 Å². The second-order valence-electron chi connectivity index (χ2n) is 6.29. The van der Waals surface area contributed by atoms with E-state index >= 15 is 0 Å². The molecular weight excluding hydrogens is 318 g/mol. The number of carbonyl (C=O) groups is 2. The highest BCUT2D eigenvalue weighted by atomic mass is 16.4. The number of rotatable bonds is 8. The van der Waals surface area contributed by atoms with Crippen LogP contribution in [0.1, 0.15) is 46.2 Å². The fourth-order valence-corrected chi connectivity index (χ4v) is 2.77. The molecule has 0 bridgehead atoms. The molecule has 25 heavy (non-hydrogen) atoms. The summed E-state index contributed by atoms with van der Waals surface area (Å²) in [6, 6.07) is 7.33. The summed E-state index contributed by atoms with van der Waals surface area (Å²) in [5.74, 6) is -1.09. The number of ketones is 1. The van der Waals surface area contributed by atoms with E-state index in [1.165, 1.54) is 29.7 Å². The van der Waals surface area contributed by atoms with Crippen LogP contribution in [0.4, 0.5) is 0 Å². The van der Waals surface area contributed by atoms with Gasteiger partial charge >= 0.3 is 5.97 Å². The number of nitrogens with one attached hydrogen (secondary N) is 2. The third kappa shape index (κ3) is 5.04. The van der Waals surface area contributed by atoms with Crippen molar-refractivity contribution in [3.05, 3.63) is 58.9 Å². The first kappa shape index (κ1) is 18.4. The minimum Gasteiger partial charge on any atom is -0.477 e. The first-order valence-corrected chi connectivity index (χ1v) is 8.08. The Hall–Kier alpha value is -2.89. The molecule has 0 radical (unpaired) electrons. The molecule has 1 heterocycles. The van der Waals surface area contributed by atoms with Crippen LogP contribution in [0.2, 0.25) is 0 Å². The molecule has 6 heteroatoms. The van der Waals surface area contributed by atoms with Gasteiger partial charge in [0.05, 0.1) is 11.7 Å². The number of Topliss-reactive ketones (excluding diaryl/α,β-unsaturated/α-hetero) is 1. The minimum absolute atomic E-state index is 0.000446. The van der Waals surface area contributed by atoms with Crippen molar-refractivity contribution in [1.29, 1.82) is 0 Å². The number of hydrogen-bond acceptors (Lipinski definition) is 4. The number of aromatic nitrogens is 2. The number of aromatic carboxylic acids is 1. The smallest absolute Gasteiger partial charge is 0.353 e. The van der Waals surface area contributed by atoms with Crippen LogP contribution in [-0.4, -0.2) is 33.1 Å². The molecule has 0 aliphatic carbocycles. The molecule has 2 rings (SSSR count). The third-order valence-corrected chi connectivity index (χ3v) is 3.96. The summed E-state index contributed by atoms with van der Waals surface area (Å²) < 4.78 is 0. The van der Waals surface area contributed by atoms with Crippen LogP contribution in [0.3, 0.4) is 0 Å². The van der Waals surface area contributed by atoms with E-state index in [0.717, 1.165) is 6.42 Å². The van der Waals surface area contributed by atoms with Crippen LogP contribution in [0.25, 0.3) is 5.70 Å². The average molecular weight is 341 g/mol. The maximum Gasteiger partial charge on any atom is 0.353 e. The van der Waals surface area contributed by atoms with Gasteiger partial charge in [-0.25, -0.2) is 4.79 Å². The first-order chi connectivity index (χ1) is 11.8. The van der Waals surface area contributed by atoms with Gasteiger partial charge in [-0.05, 0) is 39.2 Å². The van der Waals surface area contributed by atoms with Gasteiger partial charge in [0.2, 0.25) is 0 Å². The maximum atomic E-state index is 12.0. The Kier molecular flexibility index (Phi) is 5.75. The molecule has 0 aliphatic rings. The summed E-state index contributed by atoms with van der Waals surface area (Å²) in [7, 11) is 0. The predicted octanol–water partition coefficient (Wildman–Crippen LogP) is 2.88. The summed E-state index contributed by atoms with van der Waals surface area (Å²) in [5, 5.41) is 18.3. The van der Waals surface area contributed by atoms with Crippen molar-refractivity contribution in [2.45, 2.75) is 39.7 Å². The third-order valence-electron chi connectivity index (χ3n) is 3.96. The highest BCUT2D eigenvalue weighted by molar-refractivity contribution is 5.87. The molecule has 132 valence electrons. The lowest BCUT2D eigenvalue weighted by atomic mass is 9.99. The van der Waals surface area contributed by atoms with E-state index in [1.807, 2.05) is 0 Å². The van der Waals surface area contributed by atoms with Crippen LogP contribution in [0.15, 0.2) is 30.8 Å². The number of benzene rings is 1. The highest BCUT2D eigenvalue weighted by Gasteiger charge is 2.17. The van der Waals surface area contributed by atoms with Crippen molar-refractivity contribution in [2.24, 2.45) is 0 Å². The topological polar surface area (TPSA) is 95.1 Å². The number of nitrogens with zero attached hydrogens (tertiary/aromatic N) is 1. The van der Waals surface area contributed by atoms with Crippen molar-refractivity contribution in [2.75, 3.05) is 0 Å². The number of carboxylic acids is 1. The largest absolute Gasteiger partial charge is 0.477 e. The molecule has 1 unspecified atom stereocenters. The van der Waals surface area contributed by atoms with Crippen LogP contribution in [0.5, 0.6) is 0 Å². The van der Waals surface area contributed by atoms with E-state index in [2.05, 4.69) is 54.1 Å². The number of hydrogen-bond donors (Lipinski definition) is 3. The number of carboxylic acid groups (broad SMARTS) is 1. The average Bonchev–Trinajstić information content (AvgIpc) is 3.00. The van der Waals surface area contributed by atoms with E-state index < -0.39 is 12.0 Å². The summed E-state index contributed by atoms with van der Waals surface area (Å²) >= 11 is 0. The zero-order valence-electron chi connectivity index (χ0n) is 14.7. The monoisotopic (exact) mass is 341 g/mol. The van der Waals surface area contributed by atoms with Crippen LogP contribution in [-0.2, 0) is 11.2 Å². The fourth-order valence-electron chi connectivity index (χ4n) is 2.77. The van der Waals surface area contributed by atoms with Gasteiger partial charge in [0.1, 0.15) is 11.4 Å². The molecule has 0 saturated carbocycles. The molecule has 0 aliphatic heterocycles. The van der Waals surface area contributed by atoms with Crippen LogP contribution in [0, 0.1) is 13.8 Å². The molecular formula is C19H23N3O3. The zero-order chi connectivity index (χ0) is 18.6. The Bertz CT molecular complexity index is 788. The second kappa shape index (κ2) is 7.79. The normalized spacial score (nSPS) is 11.8. The van der Waals surface area contributed by atoms with Gasteiger partial charge in [-0.2, -0.15) is 5.10 Å². The molecule has 0 amide bonds. The highest BCUT2D eigenvalue weighted by Crippen LogP contribution is 2.14. The molecule has 0 saturated heterocycles. The molecule has 2 aromatic rings. The minimum atomic E-state index is -1.09. The van der Waals surface area contributed by atoms with Gasteiger partial charge < -0.3 is 10.4 Å². The number of aryl methyl sites for hydroxylation is 3. The molecule has 6 nitrogen and oxygen atoms in total. The molecule has 1 aromatic carbocycles. The quantitative estimate of drug-likeness (QED) is 0.686. The van der Waals surface area contributed by atoms with Crippen LogP contribution < -0.4 is 5.32 Å². The standard InChI is InChI=1S/C19H23N3O3/c1-11-7-12(2)9-15(8-11)5-6-16(14(4)23)20-13(3)17-10-18(19(24)25)22-21-17/h7-10,16,20H,3,5-6H2,1-2,4H3,(H,21,22)(H,24,25). The zero-order valence-corrected chi connectivity index (χ0v) is 14.7. The lowest BCUT2D eigenvalue weighted by molar-refractivity contribution is -0.118. The summed E-state index contributed by atoms with van der Waals surface area (Å²) in [5.41, 5.74) is 4.37. The molecule has 0 spiro atoms. The number of H-pyrrole nitrogens is 1. The van der Waals surface area contributed by atoms with Crippen molar-refractivity contribution >= 4 is 17.4 Å². The van der Waals surface area contributed by atoms with Gasteiger partial charge in [0.15, 0.2) is 5.78 Å². The fraction of sp³-hybridized carbons (Fsp3) is 0.316. The SMILES string of the molecule is C=C(NC(CCc1cc(C)cc(C)c1)C(C)=O)c1cc(C(=O)O)[nH]n1. The van der Waals surface area contributed by atoms with Gasteiger partial charge in [-0.15, -0.1) is 0 Å². The van der Waals surface area contributed by atoms with E-state index in [0.29, 0.717) is 17.8 Å². The van der Waals surface area contributed by atoms with E-state index in [1.54, 1.807) is 0 Å². The van der Waals surface area contributed by atoms with Crippen molar-refractivity contribution in [3.8, 4) is 0 Å². The Labute approximate surface area is 147 Å². The van der Waals surface area contributed by atoms with E-state index in [-0.39, 0.29) is 11.5 Å². The van der Waals surface area contributed by atoms with Crippen molar-refractivity contribution in [1.82, 2.24) is 15.5 Å². The van der Waals surface area contributed by atoms with Gasteiger partial charge in [-0.3, -0.25) is 9.89 Å². The molecule has 0 fully saturated rings. The van der Waals surface area contributed by atoms with Crippen molar-refractivity contribution < 1.29 is 14.7 Å². The molecule has 1 aromatic heterocycles. The van der Waals surface area contributed by atoms with Gasteiger partial charge in [-0.1, -0.05) is 35.9 Å². The predicted molar refractivity (Wildman–Crippen MR) is 96.4 cm³/mol. The Balaban J connectivity index is 2.03. The first-order valence-electron chi connectivity index (χ1n) is 8.08. The number of aromatic amines is 1. The second-order valence-corrected chi connectivity index (χ2v) is 6.29. The van der Waals surface area contributed by atoms with Crippen molar-refractivity contribution in [3.63, 3.8) is 0 Å². The van der Waals surface area contributed by atoms with Gasteiger partial charge in [0.25, 0.3) is 0 Å². The number of carbonyl (C=O) groups excluding carboxylic acids is 1. The lowest BCUT2D eigenvalue weighted by Crippen LogP contribution is -2.34. The molecule has 3 N–H and O–H groups in total. The maximum absolute atomic E-state index is 12.0. The Morgan fingerprint density at radius 3 is 2.40 bits per heavy atom. The van der Waals surface area contributed by atoms with Gasteiger partial charge in [0, 0.05) is 6.07 Å². The Morgan fingerprint density at radius 2 is 1.88 bits per heavy atom. The van der Waals surface area contributed by atoms with Crippen LogP contribution >= 0.6 is 0 Å². The Morgan fingerprint density at radius 1 is 1.24 bits per heavy atom. The summed E-state index contributed by atoms with van der Waals surface area (Å²) in [6.07, 6.45) is 1.38. The summed E-state index contributed by atoms with van der Waals surface area (Å²) in [6.45, 7) is 9.50. The van der Waals surface area contributed by atoms with E-state index in [9.17, 15) is 9.59 Å². The molecule has 1 atom stereocenters. The lowest BCUT2D eigenvalue weighted by Gasteiger charge is -2.18.